The summed E-state index contributed by atoms with van der Waals surface area (Å²) in [5.41, 5.74) is 8.60. The number of carbonyl (C=O) groups is 1. The van der Waals surface area contributed by atoms with Crippen LogP contribution in [0.2, 0.25) is 0 Å². The normalized spacial score (nSPS) is 12.6. The maximum Gasteiger partial charge on any atom is 0.332 e. The predicted molar refractivity (Wildman–Crippen MR) is 129 cm³/mol. The molecule has 2 aromatic carbocycles. The van der Waals surface area contributed by atoms with Crippen molar-refractivity contribution >= 4 is 45.0 Å². The molecule has 0 fully saturated rings. The first-order chi connectivity index (χ1) is 16.0. The second-order valence-electron chi connectivity index (χ2n) is 7.30. The van der Waals surface area contributed by atoms with Crippen LogP contribution in [0.15, 0.2) is 51.3 Å². The molecule has 0 amide bonds. The third-order valence-corrected chi connectivity index (χ3v) is 5.51. The number of nitrogens with zero attached hydrogens (tertiary/aromatic N) is 2. The van der Waals surface area contributed by atoms with Crippen molar-refractivity contribution in [2.75, 3.05) is 25.7 Å². The maximum absolute atomic E-state index is 14.6. The number of nitrogens with two attached hydrogens (primary N) is 2. The number of hydrogen-bond acceptors (Lipinski definition) is 6. The first kappa shape index (κ1) is 27.4. The average Bonchev–Trinajstić information content (AvgIpc) is 2.75. The molecule has 0 heterocycles. The number of primary sulfonamides is 1. The number of carbonyl (C=O) groups excluding carboxylic acids is 1. The van der Waals surface area contributed by atoms with Gasteiger partial charge in [-0.2, -0.15) is 0 Å². The van der Waals surface area contributed by atoms with E-state index in [4.69, 9.17) is 31.9 Å². The number of ether oxygens (including phenoxy) is 2. The minimum atomic E-state index is -4.07. The Bertz CT molecular complexity index is 1200. The fourth-order valence-corrected chi connectivity index (χ4v) is 3.40. The quantitative estimate of drug-likeness (QED) is 0.164. The molecule has 34 heavy (non-hydrogen) atoms. The van der Waals surface area contributed by atoms with Gasteiger partial charge in [-0.3, -0.25) is 0 Å². The lowest BCUT2D eigenvalue weighted by Crippen LogP contribution is -2.25. The van der Waals surface area contributed by atoms with E-state index in [2.05, 4.69) is 9.98 Å². The number of benzene rings is 2. The Hall–Kier alpha value is -2.86. The van der Waals surface area contributed by atoms with Gasteiger partial charge in [-0.15, -0.1) is 11.6 Å². The standard InChI is InChI=1S/C22H26ClFN4O5S/c1-14-3-4-15(2)16(9-14)10-21(28-20(25)12-33-22(29)13-32-8-7-23)27-19-6-5-17(11-18(19)24)34(26,30)31/h3-6,9,11H,7-8,10,12-13H2,1-2H3,(H2,25,27,28)(H2,26,30,31). The van der Waals surface area contributed by atoms with E-state index >= 15 is 0 Å². The molecule has 0 aliphatic carbocycles. The zero-order valence-corrected chi connectivity index (χ0v) is 20.3. The second-order valence-corrected chi connectivity index (χ2v) is 9.24. The van der Waals surface area contributed by atoms with Gasteiger partial charge < -0.3 is 15.2 Å². The highest BCUT2D eigenvalue weighted by Gasteiger charge is 2.13. The zero-order valence-electron chi connectivity index (χ0n) is 18.8. The number of alkyl halides is 1. The number of aryl methyl sites for hydroxylation is 2. The Balaban J connectivity index is 2.33. The molecular formula is C22H26ClFN4O5S. The molecule has 2 aromatic rings. The summed E-state index contributed by atoms with van der Waals surface area (Å²) in [5.74, 6) is -1.26. The third kappa shape index (κ3) is 8.82. The molecule has 0 unspecified atom stereocenters. The predicted octanol–water partition coefficient (Wildman–Crippen LogP) is 2.52. The summed E-state index contributed by atoms with van der Waals surface area (Å²) >= 11 is 5.47. The van der Waals surface area contributed by atoms with Gasteiger partial charge in [0.05, 0.1) is 11.5 Å². The molecule has 0 radical (unpaired) electrons. The van der Waals surface area contributed by atoms with Crippen molar-refractivity contribution in [2.45, 2.75) is 25.2 Å². The highest BCUT2D eigenvalue weighted by atomic mass is 35.5. The van der Waals surface area contributed by atoms with Gasteiger partial charge in [-0.25, -0.2) is 32.7 Å². The zero-order chi connectivity index (χ0) is 25.3. The number of hydrogen-bond donors (Lipinski definition) is 2. The van der Waals surface area contributed by atoms with Crippen molar-refractivity contribution in [3.05, 3.63) is 58.9 Å². The van der Waals surface area contributed by atoms with Gasteiger partial charge in [-0.1, -0.05) is 23.8 Å². The van der Waals surface area contributed by atoms with Gasteiger partial charge in [0.1, 0.15) is 36.4 Å². The third-order valence-electron chi connectivity index (χ3n) is 4.45. The van der Waals surface area contributed by atoms with Crippen molar-refractivity contribution in [2.24, 2.45) is 20.9 Å². The summed E-state index contributed by atoms with van der Waals surface area (Å²) in [6.07, 6.45) is 0.192. The molecule has 0 bridgehead atoms. The fourth-order valence-electron chi connectivity index (χ4n) is 2.76. The van der Waals surface area contributed by atoms with Crippen LogP contribution in [0.5, 0.6) is 0 Å². The smallest absolute Gasteiger partial charge is 0.332 e. The van der Waals surface area contributed by atoms with E-state index in [1.807, 2.05) is 32.0 Å². The van der Waals surface area contributed by atoms with Crippen LogP contribution in [0, 0.1) is 19.7 Å². The Morgan fingerprint density at radius 2 is 1.88 bits per heavy atom. The number of halogens is 2. The van der Waals surface area contributed by atoms with Crippen molar-refractivity contribution in [3.8, 4) is 0 Å². The Labute approximate surface area is 202 Å². The van der Waals surface area contributed by atoms with Crippen molar-refractivity contribution in [1.29, 1.82) is 0 Å². The van der Waals surface area contributed by atoms with Gasteiger partial charge in [0, 0.05) is 12.3 Å². The van der Waals surface area contributed by atoms with Gasteiger partial charge in [-0.05, 0) is 43.2 Å². The Morgan fingerprint density at radius 1 is 1.15 bits per heavy atom. The summed E-state index contributed by atoms with van der Waals surface area (Å²) in [6, 6.07) is 8.91. The average molecular weight is 513 g/mol. The summed E-state index contributed by atoms with van der Waals surface area (Å²) in [5, 5.41) is 5.05. The molecule has 0 atom stereocenters. The molecule has 0 saturated carbocycles. The van der Waals surface area contributed by atoms with Gasteiger partial charge in [0.15, 0.2) is 0 Å². The Kier molecular flexibility index (Phi) is 10.1. The molecule has 0 aliphatic rings. The molecule has 0 spiro atoms. The largest absolute Gasteiger partial charge is 0.456 e. The summed E-state index contributed by atoms with van der Waals surface area (Å²) in [4.78, 5) is 19.8. The molecule has 184 valence electrons. The van der Waals surface area contributed by atoms with E-state index in [1.54, 1.807) is 0 Å². The molecule has 0 aliphatic heterocycles. The first-order valence-corrected chi connectivity index (χ1v) is 12.2. The highest BCUT2D eigenvalue weighted by molar-refractivity contribution is 7.89. The molecular weight excluding hydrogens is 487 g/mol. The minimum absolute atomic E-state index is 0.0729. The Morgan fingerprint density at radius 3 is 2.53 bits per heavy atom. The summed E-state index contributed by atoms with van der Waals surface area (Å²) in [6.45, 7) is 3.41. The number of esters is 1. The summed E-state index contributed by atoms with van der Waals surface area (Å²) in [7, 11) is -4.07. The van der Waals surface area contributed by atoms with Gasteiger partial charge in [0.25, 0.3) is 0 Å². The van der Waals surface area contributed by atoms with Crippen LogP contribution in [0.25, 0.3) is 0 Å². The lowest BCUT2D eigenvalue weighted by Gasteiger charge is -2.10. The molecule has 9 nitrogen and oxygen atoms in total. The van der Waals surface area contributed by atoms with Gasteiger partial charge >= 0.3 is 5.97 Å². The van der Waals surface area contributed by atoms with E-state index in [0.29, 0.717) is 0 Å². The van der Waals surface area contributed by atoms with Crippen LogP contribution < -0.4 is 10.9 Å². The van der Waals surface area contributed by atoms with Crippen LogP contribution >= 0.6 is 11.6 Å². The highest BCUT2D eigenvalue weighted by Crippen LogP contribution is 2.22. The van der Waals surface area contributed by atoms with E-state index in [-0.39, 0.29) is 54.4 Å². The second kappa shape index (κ2) is 12.6. The SMILES string of the molecule is Cc1ccc(C)c(CC(N=C(N)COC(=O)COCCCl)=Nc2ccc(S(N)(=O)=O)cc2F)c1. The monoisotopic (exact) mass is 512 g/mol. The van der Waals surface area contributed by atoms with Gasteiger partial charge in [0.2, 0.25) is 10.0 Å². The van der Waals surface area contributed by atoms with Crippen LogP contribution in [0.4, 0.5) is 10.1 Å². The minimum Gasteiger partial charge on any atom is -0.456 e. The summed E-state index contributed by atoms with van der Waals surface area (Å²) < 4.78 is 47.5. The number of amidine groups is 2. The van der Waals surface area contributed by atoms with Crippen LogP contribution in [-0.2, 0) is 30.7 Å². The van der Waals surface area contributed by atoms with Crippen molar-refractivity contribution < 1.29 is 27.1 Å². The number of sulfonamides is 1. The van der Waals surface area contributed by atoms with Crippen molar-refractivity contribution in [1.82, 2.24) is 0 Å². The molecule has 0 saturated heterocycles. The maximum atomic E-state index is 14.6. The van der Waals surface area contributed by atoms with E-state index in [0.717, 1.165) is 28.8 Å². The van der Waals surface area contributed by atoms with E-state index in [9.17, 15) is 17.6 Å². The molecule has 2 rings (SSSR count). The first-order valence-electron chi connectivity index (χ1n) is 10.1. The van der Waals surface area contributed by atoms with E-state index in [1.165, 1.54) is 6.07 Å². The lowest BCUT2D eigenvalue weighted by molar-refractivity contribution is -0.147. The topological polar surface area (TPSA) is 146 Å². The fraction of sp³-hybridized carbons (Fsp3) is 0.318. The van der Waals surface area contributed by atoms with Crippen molar-refractivity contribution in [3.63, 3.8) is 0 Å². The van der Waals surface area contributed by atoms with E-state index < -0.39 is 21.8 Å². The molecule has 4 N–H and O–H groups in total. The number of rotatable bonds is 10. The molecule has 12 heteroatoms. The van der Waals surface area contributed by atoms with Crippen LogP contribution in [-0.4, -0.2) is 51.8 Å². The van der Waals surface area contributed by atoms with Crippen LogP contribution in [0.3, 0.4) is 0 Å². The van der Waals surface area contributed by atoms with Crippen LogP contribution in [0.1, 0.15) is 16.7 Å². The number of aliphatic imine (C=N–C) groups is 2. The molecule has 0 aromatic heterocycles. The lowest BCUT2D eigenvalue weighted by atomic mass is 10.0.